The minimum atomic E-state index is -0.757. The lowest BCUT2D eigenvalue weighted by atomic mass is 9.84. The first-order chi connectivity index (χ1) is 11.5. The van der Waals surface area contributed by atoms with Crippen LogP contribution in [0.5, 0.6) is 0 Å². The first-order valence-corrected chi connectivity index (χ1v) is 9.07. The Balaban J connectivity index is 1.80. The van der Waals surface area contributed by atoms with E-state index in [1.165, 1.54) is 11.1 Å². The lowest BCUT2D eigenvalue weighted by Gasteiger charge is -2.41. The fourth-order valence-corrected chi connectivity index (χ4v) is 4.37. The van der Waals surface area contributed by atoms with Crippen LogP contribution in [0.4, 0.5) is 0 Å². The summed E-state index contributed by atoms with van der Waals surface area (Å²) in [6.45, 7) is 5.08. The van der Waals surface area contributed by atoms with Gasteiger partial charge in [0.05, 0.1) is 12.0 Å². The minimum absolute atomic E-state index is 0.121. The zero-order valence-electron chi connectivity index (χ0n) is 14.6. The number of carboxylic acids is 1. The number of amides is 1. The van der Waals surface area contributed by atoms with E-state index in [2.05, 4.69) is 38.1 Å². The molecular formula is C20H27NO3. The molecule has 130 valence electrons. The summed E-state index contributed by atoms with van der Waals surface area (Å²) in [5, 5.41) is 9.20. The van der Waals surface area contributed by atoms with E-state index in [1.54, 1.807) is 0 Å². The Kier molecular flexibility index (Phi) is 4.93. The van der Waals surface area contributed by atoms with Gasteiger partial charge in [0.25, 0.3) is 0 Å². The molecule has 1 aliphatic heterocycles. The van der Waals surface area contributed by atoms with Crippen LogP contribution in [-0.2, 0) is 9.59 Å². The highest BCUT2D eigenvalue weighted by Gasteiger charge is 2.40. The molecule has 0 bridgehead atoms. The van der Waals surface area contributed by atoms with Gasteiger partial charge in [0.2, 0.25) is 5.91 Å². The summed E-state index contributed by atoms with van der Waals surface area (Å²) >= 11 is 0. The van der Waals surface area contributed by atoms with E-state index in [0.29, 0.717) is 25.2 Å². The average Bonchev–Trinajstić information content (AvgIpc) is 3.05. The Morgan fingerprint density at radius 2 is 1.75 bits per heavy atom. The summed E-state index contributed by atoms with van der Waals surface area (Å²) in [6, 6.07) is 8.61. The second-order valence-corrected chi connectivity index (χ2v) is 7.55. The number of likely N-dealkylation sites (tertiary alicyclic amines) is 1. The van der Waals surface area contributed by atoms with Crippen molar-refractivity contribution in [1.29, 1.82) is 0 Å². The van der Waals surface area contributed by atoms with Crippen molar-refractivity contribution in [3.8, 4) is 0 Å². The predicted octanol–water partition coefficient (Wildman–Crippen LogP) is 3.80. The van der Waals surface area contributed by atoms with Gasteiger partial charge >= 0.3 is 5.97 Å². The van der Waals surface area contributed by atoms with Gasteiger partial charge in [0, 0.05) is 12.5 Å². The standard InChI is InChI=1S/C20H27NO3/c1-13-5-7-15(8-6-13)18-14(2)4-3-11-21(18)19(22)16-9-10-17(12-16)20(23)24/h5-8,14,16-18H,3-4,9-12H2,1-2H3,(H,23,24)/t14?,16-,17+,18?/m1/s1. The number of nitrogens with zero attached hydrogens (tertiary/aromatic N) is 1. The molecule has 1 aromatic rings. The fourth-order valence-electron chi connectivity index (χ4n) is 4.37. The average molecular weight is 329 g/mol. The molecule has 1 saturated carbocycles. The molecule has 1 saturated heterocycles. The molecule has 0 spiro atoms. The molecule has 1 aliphatic carbocycles. The summed E-state index contributed by atoms with van der Waals surface area (Å²) in [5.74, 6) is -0.631. The van der Waals surface area contributed by atoms with Crippen molar-refractivity contribution in [2.75, 3.05) is 6.54 Å². The molecule has 1 amide bonds. The van der Waals surface area contributed by atoms with E-state index in [9.17, 15) is 14.7 Å². The molecule has 0 aromatic heterocycles. The van der Waals surface area contributed by atoms with Gasteiger partial charge in [-0.2, -0.15) is 0 Å². The number of hydrogen-bond acceptors (Lipinski definition) is 2. The van der Waals surface area contributed by atoms with Gasteiger partial charge in [-0.15, -0.1) is 0 Å². The number of aryl methyl sites for hydroxylation is 1. The summed E-state index contributed by atoms with van der Waals surface area (Å²) in [7, 11) is 0. The van der Waals surface area contributed by atoms with Crippen LogP contribution in [0.3, 0.4) is 0 Å². The molecule has 2 fully saturated rings. The molecule has 4 heteroatoms. The van der Waals surface area contributed by atoms with Crippen molar-refractivity contribution in [2.24, 2.45) is 17.8 Å². The minimum Gasteiger partial charge on any atom is -0.481 e. The maximum Gasteiger partial charge on any atom is 0.306 e. The Bertz CT molecular complexity index is 610. The van der Waals surface area contributed by atoms with E-state index >= 15 is 0 Å². The highest BCUT2D eigenvalue weighted by atomic mass is 16.4. The number of rotatable bonds is 3. The Hall–Kier alpha value is -1.84. The van der Waals surface area contributed by atoms with Crippen LogP contribution >= 0.6 is 0 Å². The van der Waals surface area contributed by atoms with Gasteiger partial charge in [0.1, 0.15) is 0 Å². The number of carbonyl (C=O) groups excluding carboxylic acids is 1. The number of benzene rings is 1. The smallest absolute Gasteiger partial charge is 0.306 e. The molecule has 24 heavy (non-hydrogen) atoms. The van der Waals surface area contributed by atoms with Crippen molar-refractivity contribution in [3.05, 3.63) is 35.4 Å². The molecule has 0 radical (unpaired) electrons. The first-order valence-electron chi connectivity index (χ1n) is 9.07. The lowest BCUT2D eigenvalue weighted by molar-refractivity contribution is -0.142. The van der Waals surface area contributed by atoms with Crippen LogP contribution in [-0.4, -0.2) is 28.4 Å². The number of aliphatic carboxylic acids is 1. The van der Waals surface area contributed by atoms with Crippen molar-refractivity contribution < 1.29 is 14.7 Å². The quantitative estimate of drug-likeness (QED) is 0.918. The maximum absolute atomic E-state index is 13.1. The third-order valence-electron chi connectivity index (χ3n) is 5.77. The second kappa shape index (κ2) is 6.96. The molecule has 3 rings (SSSR count). The molecule has 4 atom stereocenters. The SMILES string of the molecule is Cc1ccc(C2C(C)CCCN2C(=O)[C@@H]2CC[C@H](C(=O)O)C2)cc1. The van der Waals surface area contributed by atoms with Gasteiger partial charge < -0.3 is 10.0 Å². The lowest BCUT2D eigenvalue weighted by Crippen LogP contribution is -2.44. The predicted molar refractivity (Wildman–Crippen MR) is 92.5 cm³/mol. The molecular weight excluding hydrogens is 302 g/mol. The number of hydrogen-bond donors (Lipinski definition) is 1. The van der Waals surface area contributed by atoms with Crippen LogP contribution in [0.1, 0.15) is 56.2 Å². The van der Waals surface area contributed by atoms with Crippen molar-refractivity contribution >= 4 is 11.9 Å². The Morgan fingerprint density at radius 1 is 1.08 bits per heavy atom. The van der Waals surface area contributed by atoms with Crippen LogP contribution in [0.15, 0.2) is 24.3 Å². The van der Waals surface area contributed by atoms with Gasteiger partial charge in [-0.05, 0) is 50.5 Å². The summed E-state index contributed by atoms with van der Waals surface area (Å²) in [4.78, 5) is 26.3. The number of carboxylic acid groups (broad SMARTS) is 1. The topological polar surface area (TPSA) is 57.6 Å². The van der Waals surface area contributed by atoms with E-state index < -0.39 is 5.97 Å². The van der Waals surface area contributed by atoms with Gasteiger partial charge in [-0.3, -0.25) is 9.59 Å². The molecule has 2 aliphatic rings. The number of carbonyl (C=O) groups is 2. The van der Waals surface area contributed by atoms with Crippen molar-refractivity contribution in [3.63, 3.8) is 0 Å². The fraction of sp³-hybridized carbons (Fsp3) is 0.600. The zero-order chi connectivity index (χ0) is 17.3. The molecule has 1 heterocycles. The van der Waals surface area contributed by atoms with E-state index in [4.69, 9.17) is 0 Å². The van der Waals surface area contributed by atoms with E-state index in [1.807, 2.05) is 4.90 Å². The number of piperidine rings is 1. The second-order valence-electron chi connectivity index (χ2n) is 7.55. The molecule has 2 unspecified atom stereocenters. The Labute approximate surface area is 143 Å². The zero-order valence-corrected chi connectivity index (χ0v) is 14.6. The third kappa shape index (κ3) is 3.33. The third-order valence-corrected chi connectivity index (χ3v) is 5.77. The van der Waals surface area contributed by atoms with Crippen molar-refractivity contribution in [1.82, 2.24) is 4.90 Å². The summed E-state index contributed by atoms with van der Waals surface area (Å²) in [6.07, 6.45) is 4.00. The van der Waals surface area contributed by atoms with Gasteiger partial charge in [-0.25, -0.2) is 0 Å². The highest BCUT2D eigenvalue weighted by Crippen LogP contribution is 2.40. The van der Waals surface area contributed by atoms with Crippen LogP contribution in [0.25, 0.3) is 0 Å². The largest absolute Gasteiger partial charge is 0.481 e. The maximum atomic E-state index is 13.1. The van der Waals surface area contributed by atoms with Crippen molar-refractivity contribution in [2.45, 2.75) is 52.0 Å². The first kappa shape index (κ1) is 17.0. The van der Waals surface area contributed by atoms with E-state index in [-0.39, 0.29) is 23.8 Å². The Morgan fingerprint density at radius 3 is 2.38 bits per heavy atom. The molecule has 1 N–H and O–H groups in total. The van der Waals surface area contributed by atoms with Gasteiger partial charge in [0.15, 0.2) is 0 Å². The normalized spacial score (nSPS) is 30.3. The monoisotopic (exact) mass is 329 g/mol. The molecule has 4 nitrogen and oxygen atoms in total. The summed E-state index contributed by atoms with van der Waals surface area (Å²) in [5.41, 5.74) is 2.43. The van der Waals surface area contributed by atoms with Crippen LogP contribution in [0, 0.1) is 24.7 Å². The summed E-state index contributed by atoms with van der Waals surface area (Å²) < 4.78 is 0. The van der Waals surface area contributed by atoms with Gasteiger partial charge in [-0.1, -0.05) is 36.8 Å². The highest BCUT2D eigenvalue weighted by molar-refractivity contribution is 5.81. The van der Waals surface area contributed by atoms with Crippen LogP contribution < -0.4 is 0 Å². The molecule has 1 aromatic carbocycles. The van der Waals surface area contributed by atoms with E-state index in [0.717, 1.165) is 19.4 Å². The van der Waals surface area contributed by atoms with Crippen LogP contribution in [0.2, 0.25) is 0 Å².